The molecule has 5 nitrogen and oxygen atoms in total. The van der Waals surface area contributed by atoms with Crippen LogP contribution in [0.3, 0.4) is 0 Å². The highest BCUT2D eigenvalue weighted by molar-refractivity contribution is 5.72. The van der Waals surface area contributed by atoms with Crippen molar-refractivity contribution in [2.75, 3.05) is 0 Å². The van der Waals surface area contributed by atoms with Gasteiger partial charge in [0.05, 0.1) is 6.42 Å². The normalized spacial score (nSPS) is 13.5. The SMILES string of the molecule is CCC(CC(=O)O)(NC(=O)OCc1ccccc1)C(F)F. The largest absolute Gasteiger partial charge is 0.481 e. The Bertz CT molecular complexity index is 481. The number of nitrogens with one attached hydrogen (secondary N) is 1. The van der Waals surface area contributed by atoms with Crippen LogP contribution in [0.25, 0.3) is 0 Å². The summed E-state index contributed by atoms with van der Waals surface area (Å²) in [4.78, 5) is 22.3. The van der Waals surface area contributed by atoms with Gasteiger partial charge in [0.15, 0.2) is 0 Å². The quantitative estimate of drug-likeness (QED) is 0.812. The Morgan fingerprint density at radius 2 is 1.95 bits per heavy atom. The summed E-state index contributed by atoms with van der Waals surface area (Å²) in [7, 11) is 0. The lowest BCUT2D eigenvalue weighted by Gasteiger charge is -2.30. The third-order valence-corrected chi connectivity index (χ3v) is 3.08. The lowest BCUT2D eigenvalue weighted by atomic mass is 9.92. The Morgan fingerprint density at radius 3 is 2.43 bits per heavy atom. The molecule has 1 amide bonds. The first-order chi connectivity index (χ1) is 9.89. The second-order valence-corrected chi connectivity index (χ2v) is 4.57. The van der Waals surface area contributed by atoms with Crippen LogP contribution in [0.4, 0.5) is 13.6 Å². The first-order valence-electron chi connectivity index (χ1n) is 6.38. The van der Waals surface area contributed by atoms with E-state index in [0.717, 1.165) is 0 Å². The van der Waals surface area contributed by atoms with E-state index in [1.165, 1.54) is 6.92 Å². The molecule has 1 atom stereocenters. The van der Waals surface area contributed by atoms with Gasteiger partial charge in [0.1, 0.15) is 12.1 Å². The Kier molecular flexibility index (Phi) is 6.08. The number of carbonyl (C=O) groups is 2. The molecule has 0 heterocycles. The van der Waals surface area contributed by atoms with Gasteiger partial charge in [-0.3, -0.25) is 4.79 Å². The molecule has 1 aromatic rings. The number of aliphatic carboxylic acids is 1. The molecule has 1 rings (SSSR count). The van der Waals surface area contributed by atoms with Gasteiger partial charge < -0.3 is 15.2 Å². The van der Waals surface area contributed by atoms with Gasteiger partial charge in [-0.1, -0.05) is 37.3 Å². The van der Waals surface area contributed by atoms with Crippen LogP contribution < -0.4 is 5.32 Å². The van der Waals surface area contributed by atoms with Crippen LogP contribution in [-0.2, 0) is 16.1 Å². The Balaban J connectivity index is 2.65. The number of ether oxygens (including phenoxy) is 1. The van der Waals surface area contributed by atoms with Gasteiger partial charge in [-0.25, -0.2) is 13.6 Å². The third kappa shape index (κ3) is 5.02. The van der Waals surface area contributed by atoms with Gasteiger partial charge in [-0.2, -0.15) is 0 Å². The Labute approximate surface area is 120 Å². The Hall–Kier alpha value is -2.18. The van der Waals surface area contributed by atoms with Gasteiger partial charge in [-0.05, 0) is 12.0 Å². The summed E-state index contributed by atoms with van der Waals surface area (Å²) in [5.41, 5.74) is -1.43. The maximum Gasteiger partial charge on any atom is 0.408 e. The van der Waals surface area contributed by atoms with Crippen molar-refractivity contribution in [3.8, 4) is 0 Å². The fraction of sp³-hybridized carbons (Fsp3) is 0.429. The van der Waals surface area contributed by atoms with E-state index in [0.29, 0.717) is 5.56 Å². The molecule has 0 radical (unpaired) electrons. The zero-order valence-electron chi connectivity index (χ0n) is 11.5. The van der Waals surface area contributed by atoms with Crippen LogP contribution in [0.1, 0.15) is 25.3 Å². The monoisotopic (exact) mass is 301 g/mol. The van der Waals surface area contributed by atoms with Gasteiger partial charge >= 0.3 is 12.1 Å². The van der Waals surface area contributed by atoms with Crippen LogP contribution >= 0.6 is 0 Å². The second kappa shape index (κ2) is 7.56. The van der Waals surface area contributed by atoms with E-state index >= 15 is 0 Å². The molecule has 0 aliphatic carbocycles. The van der Waals surface area contributed by atoms with E-state index in [-0.39, 0.29) is 13.0 Å². The molecular weight excluding hydrogens is 284 g/mol. The van der Waals surface area contributed by atoms with Crippen LogP contribution in [0.2, 0.25) is 0 Å². The molecule has 0 fully saturated rings. The molecule has 0 spiro atoms. The number of halogens is 2. The Morgan fingerprint density at radius 1 is 1.33 bits per heavy atom. The summed E-state index contributed by atoms with van der Waals surface area (Å²) in [5, 5.41) is 10.7. The molecule has 0 saturated carbocycles. The zero-order chi connectivity index (χ0) is 15.9. The predicted molar refractivity (Wildman–Crippen MR) is 71.0 cm³/mol. The maximum atomic E-state index is 13.1. The van der Waals surface area contributed by atoms with Crippen LogP contribution in [0, 0.1) is 0 Å². The lowest BCUT2D eigenvalue weighted by Crippen LogP contribution is -2.54. The molecule has 0 aromatic heterocycles. The zero-order valence-corrected chi connectivity index (χ0v) is 11.5. The molecule has 1 aromatic carbocycles. The van der Waals surface area contributed by atoms with Crippen molar-refractivity contribution in [2.45, 2.75) is 38.3 Å². The summed E-state index contributed by atoms with van der Waals surface area (Å²) < 4.78 is 31.1. The van der Waals surface area contributed by atoms with Crippen LogP contribution in [0.5, 0.6) is 0 Å². The average Bonchev–Trinajstić information content (AvgIpc) is 2.44. The second-order valence-electron chi connectivity index (χ2n) is 4.57. The fourth-order valence-corrected chi connectivity index (χ4v) is 1.78. The van der Waals surface area contributed by atoms with Crippen molar-refractivity contribution in [3.63, 3.8) is 0 Å². The number of rotatable bonds is 7. The molecule has 1 unspecified atom stereocenters. The molecule has 0 bridgehead atoms. The van der Waals surface area contributed by atoms with Crippen molar-refractivity contribution in [1.82, 2.24) is 5.32 Å². The highest BCUT2D eigenvalue weighted by Gasteiger charge is 2.42. The minimum atomic E-state index is -3.01. The number of amides is 1. The number of hydrogen-bond acceptors (Lipinski definition) is 3. The van der Waals surface area contributed by atoms with Crippen molar-refractivity contribution >= 4 is 12.1 Å². The first kappa shape index (κ1) is 16.9. The molecule has 0 aliphatic heterocycles. The first-order valence-corrected chi connectivity index (χ1v) is 6.38. The summed E-state index contributed by atoms with van der Waals surface area (Å²) in [5.74, 6) is -1.42. The number of alkyl carbamates (subject to hydrolysis) is 1. The van der Waals surface area contributed by atoms with E-state index in [9.17, 15) is 18.4 Å². The van der Waals surface area contributed by atoms with E-state index in [1.54, 1.807) is 30.3 Å². The molecule has 116 valence electrons. The topological polar surface area (TPSA) is 75.6 Å². The van der Waals surface area contributed by atoms with Gasteiger partial charge in [0.2, 0.25) is 0 Å². The molecule has 2 N–H and O–H groups in total. The summed E-state index contributed by atoms with van der Waals surface area (Å²) >= 11 is 0. The van der Waals surface area contributed by atoms with Crippen molar-refractivity contribution < 1.29 is 28.2 Å². The minimum Gasteiger partial charge on any atom is -0.481 e. The predicted octanol–water partition coefficient (Wildman–Crippen LogP) is 2.80. The van der Waals surface area contributed by atoms with Gasteiger partial charge in [0.25, 0.3) is 6.43 Å². The van der Waals surface area contributed by atoms with Crippen LogP contribution in [-0.4, -0.2) is 29.1 Å². The molecular formula is C14H17F2NO4. The van der Waals surface area contributed by atoms with E-state index in [1.807, 2.05) is 5.32 Å². The standard InChI is InChI=1S/C14H17F2NO4/c1-2-14(12(15)16,8-11(18)19)17-13(20)21-9-10-6-4-3-5-7-10/h3-7,12H,2,8-9H2,1H3,(H,17,20)(H,18,19). The van der Waals surface area contributed by atoms with E-state index in [2.05, 4.69) is 0 Å². The highest BCUT2D eigenvalue weighted by atomic mass is 19.3. The van der Waals surface area contributed by atoms with E-state index < -0.39 is 30.4 Å². The number of carboxylic acids is 1. The van der Waals surface area contributed by atoms with Crippen molar-refractivity contribution in [1.29, 1.82) is 0 Å². The van der Waals surface area contributed by atoms with E-state index in [4.69, 9.17) is 9.84 Å². The average molecular weight is 301 g/mol. The number of benzene rings is 1. The van der Waals surface area contributed by atoms with Gasteiger partial charge in [0, 0.05) is 0 Å². The van der Waals surface area contributed by atoms with Gasteiger partial charge in [-0.15, -0.1) is 0 Å². The fourth-order valence-electron chi connectivity index (χ4n) is 1.78. The maximum absolute atomic E-state index is 13.1. The number of hydrogen-bond donors (Lipinski definition) is 2. The molecule has 0 aliphatic rings. The molecule has 7 heteroatoms. The molecule has 21 heavy (non-hydrogen) atoms. The smallest absolute Gasteiger partial charge is 0.408 e. The highest BCUT2D eigenvalue weighted by Crippen LogP contribution is 2.24. The summed E-state index contributed by atoms with van der Waals surface area (Å²) in [6.45, 7) is 1.30. The number of carboxylic acid groups (broad SMARTS) is 1. The van der Waals surface area contributed by atoms with Crippen molar-refractivity contribution in [3.05, 3.63) is 35.9 Å². The molecule has 0 saturated heterocycles. The summed E-state index contributed by atoms with van der Waals surface area (Å²) in [6.07, 6.45) is -5.18. The third-order valence-electron chi connectivity index (χ3n) is 3.08. The minimum absolute atomic E-state index is 0.0806. The number of carbonyl (C=O) groups excluding carboxylic acids is 1. The van der Waals surface area contributed by atoms with Crippen LogP contribution in [0.15, 0.2) is 30.3 Å². The van der Waals surface area contributed by atoms with Crippen molar-refractivity contribution in [2.24, 2.45) is 0 Å². The number of alkyl halides is 2. The summed E-state index contributed by atoms with van der Waals surface area (Å²) in [6, 6.07) is 8.71. The lowest BCUT2D eigenvalue weighted by molar-refractivity contribution is -0.140.